The van der Waals surface area contributed by atoms with Crippen molar-refractivity contribution in [3.63, 3.8) is 0 Å². The summed E-state index contributed by atoms with van der Waals surface area (Å²) in [5.41, 5.74) is 1.11. The van der Waals surface area contributed by atoms with Gasteiger partial charge in [-0.25, -0.2) is 0 Å². The van der Waals surface area contributed by atoms with E-state index in [1.54, 1.807) is 11.3 Å². The summed E-state index contributed by atoms with van der Waals surface area (Å²) in [4.78, 5) is 6.61. The first-order valence-electron chi connectivity index (χ1n) is 8.24. The number of thiophene rings is 1. The smallest absolute Gasteiger partial charge is 0.334 e. The largest absolute Gasteiger partial charge is 0.416 e. The highest BCUT2D eigenvalue weighted by molar-refractivity contribution is 7.08. The lowest BCUT2D eigenvalue weighted by Gasteiger charge is -2.20. The Balaban J connectivity index is 1.45. The van der Waals surface area contributed by atoms with Crippen molar-refractivity contribution >= 4 is 11.3 Å². The Morgan fingerprint density at radius 2 is 1.88 bits per heavy atom. The fraction of sp³-hybridized carbons (Fsp3) is 0.333. The predicted octanol–water partition coefficient (Wildman–Crippen LogP) is 4.98. The average Bonchev–Trinajstić information content (AvgIpc) is 3.11. The summed E-state index contributed by atoms with van der Waals surface area (Å²) in [6.45, 7) is 1.07. The molecule has 0 amide bonds. The molecule has 2 heterocycles. The van der Waals surface area contributed by atoms with Gasteiger partial charge in [-0.2, -0.15) is 29.5 Å². The Bertz CT molecular complexity index is 855. The van der Waals surface area contributed by atoms with Crippen molar-refractivity contribution in [1.29, 1.82) is 0 Å². The van der Waals surface area contributed by atoms with E-state index in [0.29, 0.717) is 30.8 Å². The fourth-order valence-electron chi connectivity index (χ4n) is 2.79. The van der Waals surface area contributed by atoms with Crippen molar-refractivity contribution in [3.05, 3.63) is 58.0 Å². The molecule has 0 radical (unpaired) electrons. The van der Waals surface area contributed by atoms with E-state index in [9.17, 15) is 13.2 Å². The van der Waals surface area contributed by atoms with Gasteiger partial charge in [-0.3, -0.25) is 4.90 Å². The Morgan fingerprint density at radius 3 is 2.50 bits per heavy atom. The van der Waals surface area contributed by atoms with Crippen molar-refractivity contribution in [3.8, 4) is 11.5 Å². The Hall–Kier alpha value is -2.19. The van der Waals surface area contributed by atoms with Gasteiger partial charge < -0.3 is 4.52 Å². The molecule has 0 aliphatic heterocycles. The number of aromatic nitrogens is 2. The van der Waals surface area contributed by atoms with Gasteiger partial charge in [0.25, 0.3) is 5.89 Å². The van der Waals surface area contributed by atoms with Crippen LogP contribution < -0.4 is 0 Å². The second kappa shape index (κ2) is 6.85. The molecule has 3 aromatic rings. The Kier molecular flexibility index (Phi) is 4.54. The third-order valence-corrected chi connectivity index (χ3v) is 4.99. The Labute approximate surface area is 152 Å². The van der Waals surface area contributed by atoms with Crippen LogP contribution in [0.25, 0.3) is 11.5 Å². The molecule has 0 bridgehead atoms. The van der Waals surface area contributed by atoms with Gasteiger partial charge in [-0.15, -0.1) is 0 Å². The van der Waals surface area contributed by atoms with Crippen LogP contribution in [0, 0.1) is 0 Å². The number of halogens is 3. The molecule has 4 nitrogen and oxygen atoms in total. The molecule has 26 heavy (non-hydrogen) atoms. The lowest BCUT2D eigenvalue weighted by Crippen LogP contribution is -2.25. The van der Waals surface area contributed by atoms with Crippen LogP contribution in [0.3, 0.4) is 0 Å². The lowest BCUT2D eigenvalue weighted by atomic mass is 10.1. The molecule has 0 saturated heterocycles. The molecule has 1 aromatic carbocycles. The van der Waals surface area contributed by atoms with E-state index >= 15 is 0 Å². The van der Waals surface area contributed by atoms with Crippen LogP contribution in [0.4, 0.5) is 13.2 Å². The topological polar surface area (TPSA) is 42.2 Å². The highest BCUT2D eigenvalue weighted by atomic mass is 32.1. The van der Waals surface area contributed by atoms with E-state index in [1.165, 1.54) is 12.1 Å². The predicted molar refractivity (Wildman–Crippen MR) is 91.3 cm³/mol. The molecule has 4 rings (SSSR count). The molecule has 8 heteroatoms. The standard InChI is InChI=1S/C18H16F3N3OS/c19-18(20,21)14-3-1-12(2-4-14)9-24(15-5-6-15)10-16-22-17(25-23-16)13-7-8-26-11-13/h1-4,7-8,11,15H,5-6,9-10H2. The van der Waals surface area contributed by atoms with Crippen LogP contribution >= 0.6 is 11.3 Å². The fourth-order valence-corrected chi connectivity index (χ4v) is 3.42. The number of benzene rings is 1. The van der Waals surface area contributed by atoms with Crippen molar-refractivity contribution in [2.45, 2.75) is 38.1 Å². The third kappa shape index (κ3) is 3.96. The molecule has 136 valence electrons. The van der Waals surface area contributed by atoms with Crippen LogP contribution in [0.1, 0.15) is 29.8 Å². The maximum atomic E-state index is 12.7. The maximum Gasteiger partial charge on any atom is 0.416 e. The number of alkyl halides is 3. The minimum absolute atomic E-state index is 0.417. The van der Waals surface area contributed by atoms with Gasteiger partial charge in [0.05, 0.1) is 17.7 Å². The van der Waals surface area contributed by atoms with Crippen LogP contribution in [0.5, 0.6) is 0 Å². The van der Waals surface area contributed by atoms with Crippen LogP contribution in [0.15, 0.2) is 45.6 Å². The van der Waals surface area contributed by atoms with Gasteiger partial charge in [0, 0.05) is 18.0 Å². The van der Waals surface area contributed by atoms with Crippen molar-refractivity contribution < 1.29 is 17.7 Å². The summed E-state index contributed by atoms with van der Waals surface area (Å²) in [5, 5.41) is 7.93. The molecule has 1 saturated carbocycles. The van der Waals surface area contributed by atoms with Gasteiger partial charge in [0.2, 0.25) is 0 Å². The van der Waals surface area contributed by atoms with Crippen molar-refractivity contribution in [2.75, 3.05) is 0 Å². The first kappa shape index (κ1) is 17.2. The van der Waals surface area contributed by atoms with Crippen LogP contribution in [-0.2, 0) is 19.3 Å². The second-order valence-corrected chi connectivity index (χ2v) is 7.14. The molecule has 0 N–H and O–H groups in total. The van der Waals surface area contributed by atoms with E-state index in [0.717, 1.165) is 36.1 Å². The molecule has 1 fully saturated rings. The van der Waals surface area contributed by atoms with Crippen molar-refractivity contribution in [1.82, 2.24) is 15.0 Å². The Morgan fingerprint density at radius 1 is 1.12 bits per heavy atom. The minimum atomic E-state index is -4.31. The zero-order valence-electron chi connectivity index (χ0n) is 13.7. The molecule has 0 atom stereocenters. The monoisotopic (exact) mass is 379 g/mol. The number of hydrogen-bond donors (Lipinski definition) is 0. The van der Waals surface area contributed by atoms with E-state index in [1.807, 2.05) is 16.8 Å². The van der Waals surface area contributed by atoms with Gasteiger partial charge in [-0.1, -0.05) is 17.3 Å². The number of hydrogen-bond acceptors (Lipinski definition) is 5. The molecule has 2 aromatic heterocycles. The maximum absolute atomic E-state index is 12.7. The number of rotatable bonds is 6. The first-order valence-corrected chi connectivity index (χ1v) is 9.18. The summed E-state index contributed by atoms with van der Waals surface area (Å²) < 4.78 is 43.4. The summed E-state index contributed by atoms with van der Waals surface area (Å²) in [6, 6.07) is 7.66. The quantitative estimate of drug-likeness (QED) is 0.606. The average molecular weight is 379 g/mol. The highest BCUT2D eigenvalue weighted by Crippen LogP contribution is 2.32. The number of nitrogens with zero attached hydrogens (tertiary/aromatic N) is 3. The summed E-state index contributed by atoms with van der Waals surface area (Å²) >= 11 is 1.56. The van der Waals surface area contributed by atoms with Gasteiger partial charge in [0.15, 0.2) is 5.82 Å². The molecular formula is C18H16F3N3OS. The van der Waals surface area contributed by atoms with Crippen LogP contribution in [0.2, 0.25) is 0 Å². The SMILES string of the molecule is FC(F)(F)c1ccc(CN(Cc2noc(-c3ccsc3)n2)C2CC2)cc1. The first-order chi connectivity index (χ1) is 12.5. The van der Waals surface area contributed by atoms with Gasteiger partial charge >= 0.3 is 6.18 Å². The molecular weight excluding hydrogens is 363 g/mol. The zero-order valence-corrected chi connectivity index (χ0v) is 14.6. The summed E-state index contributed by atoms with van der Waals surface area (Å²) in [6.07, 6.45) is -2.15. The third-order valence-electron chi connectivity index (χ3n) is 4.31. The van der Waals surface area contributed by atoms with E-state index in [2.05, 4.69) is 15.0 Å². The van der Waals surface area contributed by atoms with E-state index < -0.39 is 11.7 Å². The van der Waals surface area contributed by atoms with E-state index in [-0.39, 0.29) is 0 Å². The van der Waals surface area contributed by atoms with Crippen LogP contribution in [-0.4, -0.2) is 21.1 Å². The van der Waals surface area contributed by atoms with E-state index in [4.69, 9.17) is 4.52 Å². The summed E-state index contributed by atoms with van der Waals surface area (Å²) in [7, 11) is 0. The zero-order chi connectivity index (χ0) is 18.1. The highest BCUT2D eigenvalue weighted by Gasteiger charge is 2.32. The van der Waals surface area contributed by atoms with Crippen molar-refractivity contribution in [2.24, 2.45) is 0 Å². The molecule has 1 aliphatic carbocycles. The molecule has 0 spiro atoms. The summed E-state index contributed by atoms with van der Waals surface area (Å²) in [5.74, 6) is 1.08. The minimum Gasteiger partial charge on any atom is -0.334 e. The second-order valence-electron chi connectivity index (χ2n) is 6.36. The van der Waals surface area contributed by atoms with Gasteiger partial charge in [-0.05, 0) is 42.0 Å². The molecule has 1 aliphatic rings. The van der Waals surface area contributed by atoms with Gasteiger partial charge in [0.1, 0.15) is 0 Å². The normalized spacial score (nSPS) is 14.9. The molecule has 0 unspecified atom stereocenters. The lowest BCUT2D eigenvalue weighted by molar-refractivity contribution is -0.137.